The van der Waals surface area contributed by atoms with Gasteiger partial charge in [-0.15, -0.1) is 0 Å². The van der Waals surface area contributed by atoms with E-state index in [0.29, 0.717) is 0 Å². The minimum absolute atomic E-state index is 0.0673. The lowest BCUT2D eigenvalue weighted by Gasteiger charge is -2.11. The Hall–Kier alpha value is -1.43. The molecule has 0 saturated carbocycles. The van der Waals surface area contributed by atoms with Crippen LogP contribution < -0.4 is 4.74 Å². The maximum atomic E-state index is 12.2. The smallest absolute Gasteiger partial charge is 0.387 e. The average molecular weight is 353 g/mol. The summed E-state index contributed by atoms with van der Waals surface area (Å²) in [6.07, 6.45) is 0. The molecule has 0 aliphatic rings. The number of methoxy groups -OCH3 is 1. The summed E-state index contributed by atoms with van der Waals surface area (Å²) in [6.45, 7) is -3.07. The number of esters is 1. The third kappa shape index (κ3) is 3.03. The second-order valence-electron chi connectivity index (χ2n) is 2.79. The van der Waals surface area contributed by atoms with Gasteiger partial charge in [-0.3, -0.25) is 0 Å². The predicted octanol–water partition coefficient (Wildman–Crippen LogP) is 2.55. The molecule has 90 valence electrons. The van der Waals surface area contributed by atoms with E-state index in [0.717, 1.165) is 0 Å². The number of carbonyl (C=O) groups is 1. The highest BCUT2D eigenvalue weighted by Gasteiger charge is 2.20. The monoisotopic (exact) mass is 353 g/mol. The molecule has 0 spiro atoms. The topological polar surface area (TPSA) is 59.3 Å². The van der Waals surface area contributed by atoms with Crippen LogP contribution in [0.15, 0.2) is 12.1 Å². The van der Waals surface area contributed by atoms with Crippen molar-refractivity contribution in [3.05, 3.63) is 26.8 Å². The van der Waals surface area contributed by atoms with Gasteiger partial charge in [0.15, 0.2) is 5.75 Å². The lowest BCUT2D eigenvalue weighted by Crippen LogP contribution is -2.10. The summed E-state index contributed by atoms with van der Waals surface area (Å²) >= 11 is 1.65. The molecule has 0 aromatic heterocycles. The van der Waals surface area contributed by atoms with Crippen LogP contribution in [0.5, 0.6) is 5.75 Å². The van der Waals surface area contributed by atoms with Crippen molar-refractivity contribution >= 4 is 28.6 Å². The summed E-state index contributed by atoms with van der Waals surface area (Å²) in [5, 5.41) is 8.75. The van der Waals surface area contributed by atoms with Gasteiger partial charge >= 0.3 is 12.6 Å². The minimum Gasteiger partial charge on any atom is -0.465 e. The number of ether oxygens (including phenoxy) is 2. The molecule has 4 nitrogen and oxygen atoms in total. The molecule has 0 saturated heterocycles. The summed E-state index contributed by atoms with van der Waals surface area (Å²) < 4.78 is 33.2. The quantitative estimate of drug-likeness (QED) is 0.619. The molecular formula is C10H6F2INO3. The number of nitriles is 1. The van der Waals surface area contributed by atoms with Gasteiger partial charge in [-0.1, -0.05) is 0 Å². The molecule has 0 N–H and O–H groups in total. The molecule has 0 aliphatic heterocycles. The lowest BCUT2D eigenvalue weighted by atomic mass is 10.1. The zero-order chi connectivity index (χ0) is 13.0. The molecule has 17 heavy (non-hydrogen) atoms. The van der Waals surface area contributed by atoms with Crippen molar-refractivity contribution in [1.82, 2.24) is 0 Å². The van der Waals surface area contributed by atoms with Crippen LogP contribution in [-0.4, -0.2) is 19.7 Å². The second-order valence-corrected chi connectivity index (χ2v) is 3.86. The van der Waals surface area contributed by atoms with Gasteiger partial charge in [-0.25, -0.2) is 4.79 Å². The van der Waals surface area contributed by atoms with Gasteiger partial charge in [0, 0.05) is 0 Å². The number of carbonyl (C=O) groups excluding carboxylic acids is 1. The van der Waals surface area contributed by atoms with E-state index in [1.807, 2.05) is 0 Å². The first-order valence-electron chi connectivity index (χ1n) is 4.27. The Morgan fingerprint density at radius 3 is 2.65 bits per heavy atom. The van der Waals surface area contributed by atoms with Gasteiger partial charge in [0.25, 0.3) is 0 Å². The van der Waals surface area contributed by atoms with Gasteiger partial charge in [-0.05, 0) is 34.7 Å². The van der Waals surface area contributed by atoms with Crippen LogP contribution in [0.2, 0.25) is 0 Å². The number of rotatable bonds is 3. The van der Waals surface area contributed by atoms with E-state index in [2.05, 4.69) is 9.47 Å². The fourth-order valence-electron chi connectivity index (χ4n) is 1.12. The number of halogens is 3. The summed E-state index contributed by atoms with van der Waals surface area (Å²) in [5.41, 5.74) is 0.00473. The van der Waals surface area contributed by atoms with Crippen LogP contribution in [0.4, 0.5) is 8.78 Å². The normalized spacial score (nSPS) is 9.88. The highest BCUT2D eigenvalue weighted by atomic mass is 127. The zero-order valence-electron chi connectivity index (χ0n) is 8.54. The molecule has 0 heterocycles. The van der Waals surface area contributed by atoms with Crippen molar-refractivity contribution in [2.24, 2.45) is 0 Å². The van der Waals surface area contributed by atoms with Crippen molar-refractivity contribution in [2.75, 3.05) is 7.11 Å². The third-order valence-corrected chi connectivity index (χ3v) is 2.90. The van der Waals surface area contributed by atoms with E-state index in [1.54, 1.807) is 28.7 Å². The van der Waals surface area contributed by atoms with Crippen LogP contribution in [-0.2, 0) is 4.74 Å². The first-order chi connectivity index (χ1) is 8.01. The number of hydrogen-bond acceptors (Lipinski definition) is 4. The number of benzene rings is 1. The molecule has 0 atom stereocenters. The highest BCUT2D eigenvalue weighted by molar-refractivity contribution is 14.1. The van der Waals surface area contributed by atoms with Crippen LogP contribution in [0.25, 0.3) is 0 Å². The molecule has 0 radical (unpaired) electrons. The van der Waals surface area contributed by atoms with Crippen molar-refractivity contribution < 1.29 is 23.0 Å². The van der Waals surface area contributed by atoms with Gasteiger partial charge in [0.2, 0.25) is 0 Å². The van der Waals surface area contributed by atoms with Crippen molar-refractivity contribution in [3.8, 4) is 11.8 Å². The summed E-state index contributed by atoms with van der Waals surface area (Å²) in [5.74, 6) is -0.996. The number of hydrogen-bond donors (Lipinski definition) is 0. The van der Waals surface area contributed by atoms with E-state index < -0.39 is 12.6 Å². The maximum Gasteiger partial charge on any atom is 0.387 e. The van der Waals surface area contributed by atoms with Crippen LogP contribution >= 0.6 is 22.6 Å². The predicted molar refractivity (Wildman–Crippen MR) is 61.8 cm³/mol. The molecule has 0 bridgehead atoms. The molecule has 1 aromatic rings. The first-order valence-corrected chi connectivity index (χ1v) is 5.34. The maximum absolute atomic E-state index is 12.2. The molecule has 0 amide bonds. The lowest BCUT2D eigenvalue weighted by molar-refractivity contribution is -0.0507. The Balaban J connectivity index is 3.33. The Labute approximate surface area is 109 Å². The van der Waals surface area contributed by atoms with Crippen molar-refractivity contribution in [3.63, 3.8) is 0 Å². The van der Waals surface area contributed by atoms with Gasteiger partial charge in [-0.2, -0.15) is 14.0 Å². The molecule has 7 heteroatoms. The summed E-state index contributed by atoms with van der Waals surface area (Å²) in [6, 6.07) is 4.26. The Morgan fingerprint density at radius 1 is 1.53 bits per heavy atom. The van der Waals surface area contributed by atoms with E-state index in [-0.39, 0.29) is 20.4 Å². The Kier molecular flexibility index (Phi) is 4.62. The third-order valence-electron chi connectivity index (χ3n) is 1.83. The molecular weight excluding hydrogens is 347 g/mol. The van der Waals surface area contributed by atoms with Gasteiger partial charge < -0.3 is 9.47 Å². The average Bonchev–Trinajstić information content (AvgIpc) is 2.30. The number of alkyl halides is 2. The van der Waals surface area contributed by atoms with Crippen LogP contribution in [0.3, 0.4) is 0 Å². The van der Waals surface area contributed by atoms with Crippen LogP contribution in [0.1, 0.15) is 15.9 Å². The molecule has 1 rings (SSSR count). The first kappa shape index (κ1) is 13.6. The fourth-order valence-corrected chi connectivity index (χ4v) is 1.93. The SMILES string of the molecule is COC(=O)c1ccc(C#N)c(OC(F)F)c1I. The van der Waals surface area contributed by atoms with Crippen molar-refractivity contribution in [1.29, 1.82) is 5.26 Å². The highest BCUT2D eigenvalue weighted by Crippen LogP contribution is 2.30. The Bertz CT molecular complexity index is 485. The molecule has 1 aromatic carbocycles. The van der Waals surface area contributed by atoms with E-state index >= 15 is 0 Å². The zero-order valence-corrected chi connectivity index (χ0v) is 10.7. The van der Waals surface area contributed by atoms with E-state index in [1.165, 1.54) is 19.2 Å². The Morgan fingerprint density at radius 2 is 2.18 bits per heavy atom. The molecule has 0 fully saturated rings. The van der Waals surface area contributed by atoms with Gasteiger partial charge in [0.1, 0.15) is 6.07 Å². The molecule has 0 unspecified atom stereocenters. The van der Waals surface area contributed by atoms with E-state index in [9.17, 15) is 13.6 Å². The van der Waals surface area contributed by atoms with Crippen molar-refractivity contribution in [2.45, 2.75) is 6.61 Å². The largest absolute Gasteiger partial charge is 0.465 e. The van der Waals surface area contributed by atoms with Crippen LogP contribution in [0, 0.1) is 14.9 Å². The fraction of sp³-hybridized carbons (Fsp3) is 0.200. The molecule has 0 aliphatic carbocycles. The summed E-state index contributed by atoms with van der Waals surface area (Å²) in [4.78, 5) is 11.3. The second kappa shape index (κ2) is 5.77. The minimum atomic E-state index is -3.07. The van der Waals surface area contributed by atoms with E-state index in [4.69, 9.17) is 5.26 Å². The number of nitrogens with zero attached hydrogens (tertiary/aromatic N) is 1. The standard InChI is InChI=1S/C10H6F2INO3/c1-16-9(15)6-3-2-5(4-14)8(7(6)13)17-10(11)12/h2-3,10H,1H3. The van der Waals surface area contributed by atoms with Gasteiger partial charge in [0.05, 0.1) is 21.8 Å². The summed E-state index contributed by atoms with van der Waals surface area (Å²) in [7, 11) is 1.17.